The third kappa shape index (κ3) is 3.66. The van der Waals surface area contributed by atoms with Gasteiger partial charge in [-0.15, -0.1) is 0 Å². The lowest BCUT2D eigenvalue weighted by molar-refractivity contribution is 0.280. The van der Waals surface area contributed by atoms with Crippen molar-refractivity contribution < 1.29 is 17.9 Å². The monoisotopic (exact) mass is 309 g/mol. The molecule has 2 N–H and O–H groups in total. The Morgan fingerprint density at radius 1 is 1.14 bits per heavy atom. The number of aliphatic hydroxyl groups excluding tert-OH is 1. The van der Waals surface area contributed by atoms with Gasteiger partial charge in [0.2, 0.25) is 10.0 Å². The first-order chi connectivity index (χ1) is 9.94. The summed E-state index contributed by atoms with van der Waals surface area (Å²) in [6, 6.07) is 10.6. The van der Waals surface area contributed by atoms with Crippen molar-refractivity contribution in [3.8, 4) is 0 Å². The van der Waals surface area contributed by atoms with Crippen molar-refractivity contribution in [3.63, 3.8) is 0 Å². The zero-order valence-electron chi connectivity index (χ0n) is 11.5. The molecular weight excluding hydrogens is 293 g/mol. The number of rotatable bonds is 5. The fourth-order valence-electron chi connectivity index (χ4n) is 1.92. The van der Waals surface area contributed by atoms with Crippen molar-refractivity contribution in [2.24, 2.45) is 0 Å². The van der Waals surface area contributed by atoms with Gasteiger partial charge in [-0.25, -0.2) is 17.5 Å². The van der Waals surface area contributed by atoms with E-state index in [0.29, 0.717) is 11.1 Å². The van der Waals surface area contributed by atoms with Crippen LogP contribution in [-0.2, 0) is 23.2 Å². The van der Waals surface area contributed by atoms with Crippen LogP contribution in [0.3, 0.4) is 0 Å². The van der Waals surface area contributed by atoms with E-state index < -0.39 is 15.8 Å². The molecule has 2 rings (SSSR count). The van der Waals surface area contributed by atoms with Crippen molar-refractivity contribution >= 4 is 10.0 Å². The van der Waals surface area contributed by atoms with Gasteiger partial charge in [0.05, 0.1) is 11.5 Å². The summed E-state index contributed by atoms with van der Waals surface area (Å²) >= 11 is 0. The van der Waals surface area contributed by atoms with E-state index in [-0.39, 0.29) is 23.6 Å². The second kappa shape index (κ2) is 6.34. The average Bonchev–Trinajstić information content (AvgIpc) is 2.48. The SMILES string of the molecule is Cc1cc(S(=O)(=O)NCc2ccccc2CO)ccc1F. The molecule has 0 spiro atoms. The van der Waals surface area contributed by atoms with Gasteiger partial charge in [-0.3, -0.25) is 0 Å². The van der Waals surface area contributed by atoms with Crippen LogP contribution >= 0.6 is 0 Å². The van der Waals surface area contributed by atoms with Crippen molar-refractivity contribution in [2.75, 3.05) is 0 Å². The smallest absolute Gasteiger partial charge is 0.240 e. The highest BCUT2D eigenvalue weighted by Crippen LogP contribution is 2.15. The van der Waals surface area contributed by atoms with Gasteiger partial charge in [0.25, 0.3) is 0 Å². The Kier molecular flexibility index (Phi) is 4.72. The van der Waals surface area contributed by atoms with E-state index in [1.54, 1.807) is 24.3 Å². The number of nitrogens with one attached hydrogen (secondary N) is 1. The van der Waals surface area contributed by atoms with Crippen LogP contribution in [0.15, 0.2) is 47.4 Å². The van der Waals surface area contributed by atoms with Gasteiger partial charge in [0.15, 0.2) is 0 Å². The topological polar surface area (TPSA) is 66.4 Å². The fourth-order valence-corrected chi connectivity index (χ4v) is 3.02. The van der Waals surface area contributed by atoms with Crippen LogP contribution < -0.4 is 4.72 Å². The predicted octanol–water partition coefficient (Wildman–Crippen LogP) is 2.10. The normalized spacial score (nSPS) is 11.6. The third-order valence-electron chi connectivity index (χ3n) is 3.18. The van der Waals surface area contributed by atoms with E-state index in [2.05, 4.69) is 4.72 Å². The van der Waals surface area contributed by atoms with Gasteiger partial charge in [-0.1, -0.05) is 24.3 Å². The van der Waals surface area contributed by atoms with Gasteiger partial charge in [-0.2, -0.15) is 0 Å². The van der Waals surface area contributed by atoms with Crippen molar-refractivity contribution in [1.29, 1.82) is 0 Å². The van der Waals surface area contributed by atoms with Crippen molar-refractivity contribution in [3.05, 3.63) is 65.0 Å². The molecule has 0 saturated heterocycles. The van der Waals surface area contributed by atoms with Gasteiger partial charge in [0, 0.05) is 6.54 Å². The predicted molar refractivity (Wildman–Crippen MR) is 77.5 cm³/mol. The minimum absolute atomic E-state index is 0.0166. The summed E-state index contributed by atoms with van der Waals surface area (Å²) in [5.74, 6) is -0.445. The summed E-state index contributed by atoms with van der Waals surface area (Å²) < 4.78 is 40.0. The maximum Gasteiger partial charge on any atom is 0.240 e. The Hall–Kier alpha value is -1.76. The minimum atomic E-state index is -3.72. The van der Waals surface area contributed by atoms with Crippen molar-refractivity contribution in [1.82, 2.24) is 4.72 Å². The maximum absolute atomic E-state index is 13.2. The van der Waals surface area contributed by atoms with Gasteiger partial charge >= 0.3 is 0 Å². The number of hydrogen-bond acceptors (Lipinski definition) is 3. The van der Waals surface area contributed by atoms with Crippen LogP contribution in [0.1, 0.15) is 16.7 Å². The van der Waals surface area contributed by atoms with Crippen LogP contribution in [0.5, 0.6) is 0 Å². The highest BCUT2D eigenvalue weighted by atomic mass is 32.2. The first-order valence-electron chi connectivity index (χ1n) is 6.37. The van der Waals surface area contributed by atoms with Crippen LogP contribution in [0, 0.1) is 12.7 Å². The average molecular weight is 309 g/mol. The van der Waals surface area contributed by atoms with Crippen LogP contribution in [0.25, 0.3) is 0 Å². The Morgan fingerprint density at radius 2 is 1.81 bits per heavy atom. The number of halogens is 1. The zero-order chi connectivity index (χ0) is 15.5. The van der Waals surface area contributed by atoms with E-state index in [1.165, 1.54) is 19.1 Å². The number of benzene rings is 2. The van der Waals surface area contributed by atoms with E-state index in [9.17, 15) is 17.9 Å². The Labute approximate surface area is 123 Å². The molecule has 0 amide bonds. The second-order valence-corrected chi connectivity index (χ2v) is 6.43. The van der Waals surface area contributed by atoms with Crippen LogP contribution in [0.2, 0.25) is 0 Å². The highest BCUT2D eigenvalue weighted by Gasteiger charge is 2.15. The largest absolute Gasteiger partial charge is 0.392 e. The van der Waals surface area contributed by atoms with Gasteiger partial charge in [-0.05, 0) is 41.8 Å². The Bertz CT molecular complexity index is 744. The first kappa shape index (κ1) is 15.6. The molecule has 0 fully saturated rings. The molecule has 0 aromatic heterocycles. The maximum atomic E-state index is 13.2. The number of hydrogen-bond donors (Lipinski definition) is 2. The molecule has 4 nitrogen and oxygen atoms in total. The molecule has 6 heteroatoms. The zero-order valence-corrected chi connectivity index (χ0v) is 12.3. The third-order valence-corrected chi connectivity index (χ3v) is 4.58. The first-order valence-corrected chi connectivity index (χ1v) is 7.86. The van der Waals surface area contributed by atoms with E-state index in [0.717, 1.165) is 6.07 Å². The molecule has 0 aliphatic heterocycles. The number of aliphatic hydroxyl groups is 1. The van der Waals surface area contributed by atoms with Crippen LogP contribution in [-0.4, -0.2) is 13.5 Å². The molecule has 21 heavy (non-hydrogen) atoms. The fraction of sp³-hybridized carbons (Fsp3) is 0.200. The summed E-state index contributed by atoms with van der Waals surface area (Å²) in [6.45, 7) is 1.42. The lowest BCUT2D eigenvalue weighted by atomic mass is 10.1. The summed E-state index contributed by atoms with van der Waals surface area (Å²) in [5, 5.41) is 9.21. The quantitative estimate of drug-likeness (QED) is 0.889. The van der Waals surface area contributed by atoms with E-state index in [1.807, 2.05) is 0 Å². The molecule has 2 aromatic carbocycles. The van der Waals surface area contributed by atoms with Crippen molar-refractivity contribution in [2.45, 2.75) is 25.0 Å². The minimum Gasteiger partial charge on any atom is -0.392 e. The van der Waals surface area contributed by atoms with Gasteiger partial charge < -0.3 is 5.11 Å². The lowest BCUT2D eigenvalue weighted by Crippen LogP contribution is -2.24. The molecule has 0 bridgehead atoms. The second-order valence-electron chi connectivity index (χ2n) is 4.66. The molecule has 0 unspecified atom stereocenters. The summed E-state index contributed by atoms with van der Waals surface area (Å²) in [7, 11) is -3.72. The molecule has 0 atom stereocenters. The molecular formula is C15H16FNO3S. The van der Waals surface area contributed by atoms with Crippen LogP contribution in [0.4, 0.5) is 4.39 Å². The van der Waals surface area contributed by atoms with E-state index >= 15 is 0 Å². The molecule has 0 heterocycles. The highest BCUT2D eigenvalue weighted by molar-refractivity contribution is 7.89. The standard InChI is InChI=1S/C15H16FNO3S/c1-11-8-14(6-7-15(11)16)21(19,20)17-9-12-4-2-3-5-13(12)10-18/h2-8,17-18H,9-10H2,1H3. The number of sulfonamides is 1. The Balaban J connectivity index is 2.20. The molecule has 112 valence electrons. The Morgan fingerprint density at radius 3 is 2.43 bits per heavy atom. The lowest BCUT2D eigenvalue weighted by Gasteiger charge is -2.10. The van der Waals surface area contributed by atoms with Gasteiger partial charge in [0.1, 0.15) is 5.82 Å². The van der Waals surface area contributed by atoms with E-state index in [4.69, 9.17) is 0 Å². The summed E-state index contributed by atoms with van der Waals surface area (Å²) in [4.78, 5) is 0.0166. The molecule has 2 aromatic rings. The number of aryl methyl sites for hydroxylation is 1. The molecule has 0 radical (unpaired) electrons. The molecule has 0 saturated carbocycles. The summed E-state index contributed by atoms with van der Waals surface area (Å²) in [5.41, 5.74) is 1.63. The molecule has 0 aliphatic carbocycles. The molecule has 0 aliphatic rings. The summed E-state index contributed by atoms with van der Waals surface area (Å²) in [6.07, 6.45) is 0.